The molecule has 0 heterocycles. The number of anilines is 1. The van der Waals surface area contributed by atoms with Gasteiger partial charge in [0.1, 0.15) is 0 Å². The van der Waals surface area contributed by atoms with Crippen LogP contribution in [-0.4, -0.2) is 11.1 Å². The van der Waals surface area contributed by atoms with Crippen LogP contribution in [-0.2, 0) is 6.54 Å². The average molecular weight is 315 g/mol. The van der Waals surface area contributed by atoms with Crippen molar-refractivity contribution in [3.63, 3.8) is 0 Å². The lowest BCUT2D eigenvalue weighted by atomic mass is 10.1. The highest BCUT2D eigenvalue weighted by molar-refractivity contribution is 6.67. The summed E-state index contributed by atoms with van der Waals surface area (Å²) in [5.41, 5.74) is 10.5. The van der Waals surface area contributed by atoms with Crippen LogP contribution in [0.3, 0.4) is 0 Å². The number of halogens is 1. The van der Waals surface area contributed by atoms with Gasteiger partial charge in [0.25, 0.3) is 11.1 Å². The predicted octanol–water partition coefficient (Wildman–Crippen LogP) is 4.13. The smallest absolute Gasteiger partial charge is 0.255 e. The SMILES string of the molecule is [N-]=[N+]=NCc1ccc(C(=O)Nc2ccc(C(=O)Cl)cc2)cc1. The van der Waals surface area contributed by atoms with Gasteiger partial charge in [-0.15, -0.1) is 0 Å². The van der Waals surface area contributed by atoms with Crippen molar-refractivity contribution in [3.8, 4) is 0 Å². The molecule has 0 unspecified atom stereocenters. The maximum absolute atomic E-state index is 12.1. The molecular formula is C15H11ClN4O2. The molecule has 0 spiro atoms. The van der Waals surface area contributed by atoms with Crippen molar-refractivity contribution >= 4 is 28.4 Å². The Morgan fingerprint density at radius 1 is 1.05 bits per heavy atom. The van der Waals surface area contributed by atoms with Gasteiger partial charge >= 0.3 is 0 Å². The number of nitrogens with one attached hydrogen (secondary N) is 1. The summed E-state index contributed by atoms with van der Waals surface area (Å²) in [6.45, 7) is 0.242. The molecule has 0 fully saturated rings. The van der Waals surface area contributed by atoms with Gasteiger partial charge in [0.2, 0.25) is 0 Å². The van der Waals surface area contributed by atoms with E-state index in [1.165, 1.54) is 12.1 Å². The standard InChI is InChI=1S/C15H11ClN4O2/c16-14(21)11-5-7-13(8-6-11)19-15(22)12-3-1-10(2-4-12)9-18-20-17/h1-8H,9H2,(H,19,22). The van der Waals surface area contributed by atoms with Crippen molar-refractivity contribution < 1.29 is 9.59 Å². The molecule has 0 aromatic heterocycles. The number of amides is 1. The number of carbonyl (C=O) groups excluding carboxylic acids is 2. The fraction of sp³-hybridized carbons (Fsp3) is 0.0667. The molecule has 0 saturated carbocycles. The van der Waals surface area contributed by atoms with E-state index in [1.807, 2.05) is 0 Å². The van der Waals surface area contributed by atoms with Gasteiger partial charge in [-0.25, -0.2) is 0 Å². The van der Waals surface area contributed by atoms with Crippen LogP contribution in [0.15, 0.2) is 53.6 Å². The van der Waals surface area contributed by atoms with Crippen LogP contribution in [0.25, 0.3) is 10.4 Å². The maximum atomic E-state index is 12.1. The molecule has 0 aliphatic rings. The molecule has 0 bridgehead atoms. The fourth-order valence-corrected chi connectivity index (χ4v) is 1.89. The molecule has 0 radical (unpaired) electrons. The first-order valence-electron chi connectivity index (χ1n) is 6.31. The van der Waals surface area contributed by atoms with Crippen molar-refractivity contribution in [2.75, 3.05) is 5.32 Å². The van der Waals surface area contributed by atoms with Crippen molar-refractivity contribution in [2.45, 2.75) is 6.54 Å². The molecule has 1 N–H and O–H groups in total. The summed E-state index contributed by atoms with van der Waals surface area (Å²) >= 11 is 5.35. The van der Waals surface area contributed by atoms with E-state index >= 15 is 0 Å². The lowest BCUT2D eigenvalue weighted by Crippen LogP contribution is -2.11. The van der Waals surface area contributed by atoms with E-state index in [-0.39, 0.29) is 12.5 Å². The summed E-state index contributed by atoms with van der Waals surface area (Å²) in [7, 11) is 0. The Morgan fingerprint density at radius 2 is 1.64 bits per heavy atom. The number of benzene rings is 2. The zero-order valence-corrected chi connectivity index (χ0v) is 12.1. The van der Waals surface area contributed by atoms with Gasteiger partial charge in [0.05, 0.1) is 6.54 Å². The molecule has 0 atom stereocenters. The molecular weight excluding hydrogens is 304 g/mol. The zero-order chi connectivity index (χ0) is 15.9. The van der Waals surface area contributed by atoms with Crippen molar-refractivity contribution in [1.29, 1.82) is 0 Å². The Morgan fingerprint density at radius 3 is 2.18 bits per heavy atom. The quantitative estimate of drug-likeness (QED) is 0.389. The Bertz CT molecular complexity index is 735. The zero-order valence-electron chi connectivity index (χ0n) is 11.4. The molecule has 1 amide bonds. The van der Waals surface area contributed by atoms with Gasteiger partial charge in [0.15, 0.2) is 0 Å². The van der Waals surface area contributed by atoms with Crippen molar-refractivity contribution in [2.24, 2.45) is 5.11 Å². The molecule has 2 aromatic carbocycles. The number of hydrogen-bond donors (Lipinski definition) is 1. The van der Waals surface area contributed by atoms with E-state index < -0.39 is 5.24 Å². The third-order valence-electron chi connectivity index (χ3n) is 2.90. The maximum Gasteiger partial charge on any atom is 0.255 e. The Balaban J connectivity index is 2.05. The van der Waals surface area contributed by atoms with Gasteiger partial charge in [0, 0.05) is 21.7 Å². The second-order valence-electron chi connectivity index (χ2n) is 4.39. The molecule has 22 heavy (non-hydrogen) atoms. The van der Waals surface area contributed by atoms with Gasteiger partial charge in [-0.05, 0) is 59.1 Å². The number of azide groups is 1. The normalized spacial score (nSPS) is 9.68. The van der Waals surface area contributed by atoms with E-state index in [0.29, 0.717) is 16.8 Å². The van der Waals surface area contributed by atoms with Crippen LogP contribution in [0.5, 0.6) is 0 Å². The number of rotatable bonds is 5. The van der Waals surface area contributed by atoms with E-state index in [0.717, 1.165) is 5.56 Å². The molecule has 0 aliphatic carbocycles. The van der Waals surface area contributed by atoms with Gasteiger partial charge in [-0.3, -0.25) is 9.59 Å². The van der Waals surface area contributed by atoms with E-state index in [1.54, 1.807) is 36.4 Å². The number of carbonyl (C=O) groups is 2. The third kappa shape index (κ3) is 4.09. The van der Waals surface area contributed by atoms with E-state index in [9.17, 15) is 9.59 Å². The van der Waals surface area contributed by atoms with Crippen LogP contribution in [0, 0.1) is 0 Å². The molecule has 7 heteroatoms. The second kappa shape index (κ2) is 7.26. The lowest BCUT2D eigenvalue weighted by molar-refractivity contribution is 0.102. The largest absolute Gasteiger partial charge is 0.322 e. The molecule has 0 aliphatic heterocycles. The van der Waals surface area contributed by atoms with Gasteiger partial charge < -0.3 is 5.32 Å². The summed E-state index contributed by atoms with van der Waals surface area (Å²) < 4.78 is 0. The summed E-state index contributed by atoms with van der Waals surface area (Å²) in [5, 5.41) is 5.61. The first-order chi connectivity index (χ1) is 10.6. The minimum Gasteiger partial charge on any atom is -0.322 e. The highest BCUT2D eigenvalue weighted by atomic mass is 35.5. The average Bonchev–Trinajstić information content (AvgIpc) is 2.54. The predicted molar refractivity (Wildman–Crippen MR) is 83.9 cm³/mol. The summed E-state index contributed by atoms with van der Waals surface area (Å²) in [6.07, 6.45) is 0. The first kappa shape index (κ1) is 15.6. The molecule has 2 aromatic rings. The van der Waals surface area contributed by atoms with Crippen LogP contribution in [0.2, 0.25) is 0 Å². The van der Waals surface area contributed by atoms with Crippen LogP contribution in [0.4, 0.5) is 5.69 Å². The third-order valence-corrected chi connectivity index (χ3v) is 3.12. The monoisotopic (exact) mass is 314 g/mol. The Hall–Kier alpha value is -2.82. The fourth-order valence-electron chi connectivity index (χ4n) is 1.76. The van der Waals surface area contributed by atoms with Gasteiger partial charge in [-0.2, -0.15) is 0 Å². The Kier molecular flexibility index (Phi) is 5.14. The topological polar surface area (TPSA) is 94.9 Å². The first-order valence-corrected chi connectivity index (χ1v) is 6.69. The minimum absolute atomic E-state index is 0.242. The molecule has 6 nitrogen and oxygen atoms in total. The number of hydrogen-bond acceptors (Lipinski definition) is 3. The highest BCUT2D eigenvalue weighted by Gasteiger charge is 2.07. The second-order valence-corrected chi connectivity index (χ2v) is 4.73. The number of nitrogens with zero attached hydrogens (tertiary/aromatic N) is 3. The van der Waals surface area contributed by atoms with Crippen LogP contribution >= 0.6 is 11.6 Å². The molecule has 110 valence electrons. The highest BCUT2D eigenvalue weighted by Crippen LogP contribution is 2.13. The van der Waals surface area contributed by atoms with E-state index in [4.69, 9.17) is 17.1 Å². The summed E-state index contributed by atoms with van der Waals surface area (Å²) in [5.74, 6) is -0.278. The van der Waals surface area contributed by atoms with E-state index in [2.05, 4.69) is 15.3 Å². The minimum atomic E-state index is -0.548. The summed E-state index contributed by atoms with van der Waals surface area (Å²) in [4.78, 5) is 25.7. The molecule has 2 rings (SSSR count). The molecule has 0 saturated heterocycles. The summed E-state index contributed by atoms with van der Waals surface area (Å²) in [6, 6.07) is 13.0. The van der Waals surface area contributed by atoms with Gasteiger partial charge in [-0.1, -0.05) is 17.2 Å². The van der Waals surface area contributed by atoms with Crippen LogP contribution in [0.1, 0.15) is 26.3 Å². The van der Waals surface area contributed by atoms with Crippen molar-refractivity contribution in [1.82, 2.24) is 0 Å². The lowest BCUT2D eigenvalue weighted by Gasteiger charge is -2.06. The van der Waals surface area contributed by atoms with Crippen molar-refractivity contribution in [3.05, 3.63) is 75.7 Å². The Labute approximate surface area is 131 Å². The van der Waals surface area contributed by atoms with Crippen LogP contribution < -0.4 is 5.32 Å².